The molecule has 0 N–H and O–H groups in total. The van der Waals surface area contributed by atoms with Crippen molar-refractivity contribution >= 4 is 23.1 Å². The van der Waals surface area contributed by atoms with Gasteiger partial charge in [0.1, 0.15) is 15.7 Å². The minimum Gasteiger partial charge on any atom is -0.241 e. The van der Waals surface area contributed by atoms with Crippen molar-refractivity contribution in [3.05, 3.63) is 83.6 Å². The molecular weight excluding hydrogens is 427 g/mol. The molecule has 4 rings (SSSR count). The number of alkyl halides is 3. The summed E-state index contributed by atoms with van der Waals surface area (Å²) in [5, 5.41) is 10.1. The molecule has 0 saturated heterocycles. The molecule has 0 aliphatic carbocycles. The summed E-state index contributed by atoms with van der Waals surface area (Å²) < 4.78 is 38.5. The van der Waals surface area contributed by atoms with Crippen LogP contribution in [-0.2, 0) is 11.9 Å². The van der Waals surface area contributed by atoms with Crippen LogP contribution in [0.3, 0.4) is 0 Å². The second-order valence-electron chi connectivity index (χ2n) is 6.54. The lowest BCUT2D eigenvalue weighted by molar-refractivity contribution is -0.137. The highest BCUT2D eigenvalue weighted by Crippen LogP contribution is 2.35. The van der Waals surface area contributed by atoms with Crippen LogP contribution < -0.4 is 0 Å². The van der Waals surface area contributed by atoms with Gasteiger partial charge in [-0.15, -0.1) is 21.5 Å². The van der Waals surface area contributed by atoms with E-state index in [1.54, 1.807) is 17.4 Å². The Labute approximate surface area is 180 Å². The van der Waals surface area contributed by atoms with Crippen LogP contribution in [0.4, 0.5) is 13.2 Å². The summed E-state index contributed by atoms with van der Waals surface area (Å²) in [7, 11) is 0. The Bertz CT molecular complexity index is 1140. The molecule has 8 heteroatoms. The van der Waals surface area contributed by atoms with E-state index in [0.29, 0.717) is 16.3 Å². The molecule has 0 aliphatic rings. The van der Waals surface area contributed by atoms with E-state index >= 15 is 0 Å². The molecule has 0 aliphatic heterocycles. The third-order valence-electron chi connectivity index (χ3n) is 4.33. The van der Waals surface area contributed by atoms with E-state index in [2.05, 4.69) is 15.2 Å². The number of aryl methyl sites for hydroxylation is 1. The Hall–Kier alpha value is -2.71. The zero-order valence-electron chi connectivity index (χ0n) is 15.8. The van der Waals surface area contributed by atoms with Gasteiger partial charge in [-0.05, 0) is 30.7 Å². The van der Waals surface area contributed by atoms with Gasteiger partial charge in [0.2, 0.25) is 0 Å². The van der Waals surface area contributed by atoms with Crippen molar-refractivity contribution in [2.45, 2.75) is 23.9 Å². The van der Waals surface area contributed by atoms with E-state index in [4.69, 9.17) is 0 Å². The van der Waals surface area contributed by atoms with Crippen molar-refractivity contribution in [1.82, 2.24) is 15.2 Å². The topological polar surface area (TPSA) is 38.7 Å². The third-order valence-corrected chi connectivity index (χ3v) is 6.55. The lowest BCUT2D eigenvalue weighted by Gasteiger charge is -2.08. The molecule has 152 valence electrons. The molecule has 0 saturated carbocycles. The number of benzene rings is 2. The molecule has 4 aromatic rings. The lowest BCUT2D eigenvalue weighted by atomic mass is 10.1. The Balaban J connectivity index is 1.47. The first-order valence-electron chi connectivity index (χ1n) is 9.06. The largest absolute Gasteiger partial charge is 0.416 e. The number of hydrogen-bond donors (Lipinski definition) is 0. The molecule has 0 fully saturated rings. The minimum atomic E-state index is -4.34. The summed E-state index contributed by atoms with van der Waals surface area (Å²) in [6, 6.07) is 19.0. The molecule has 3 nitrogen and oxygen atoms in total. The summed E-state index contributed by atoms with van der Waals surface area (Å²) >= 11 is 2.91. The standard InChI is InChI=1S/C22H16F3N3S2/c1-14-20(30-21(26-14)16-7-3-2-4-8-16)18-10-11-19(28-27-18)29-13-15-6-5-9-17(12-15)22(23,24)25/h2-12H,13H2,1H3. The molecule has 0 amide bonds. The van der Waals surface area contributed by atoms with Gasteiger partial charge in [0, 0.05) is 11.3 Å². The summed E-state index contributed by atoms with van der Waals surface area (Å²) in [5.41, 5.74) is 2.62. The highest BCUT2D eigenvalue weighted by atomic mass is 32.2. The van der Waals surface area contributed by atoms with Crippen LogP contribution in [0.2, 0.25) is 0 Å². The summed E-state index contributed by atoms with van der Waals surface area (Å²) in [6.07, 6.45) is -4.34. The first-order chi connectivity index (χ1) is 14.4. The second kappa shape index (κ2) is 8.57. The average Bonchev–Trinajstić information content (AvgIpc) is 3.14. The average molecular weight is 444 g/mol. The van der Waals surface area contributed by atoms with Crippen LogP contribution in [0.25, 0.3) is 21.1 Å². The summed E-state index contributed by atoms with van der Waals surface area (Å²) in [4.78, 5) is 5.59. The van der Waals surface area contributed by atoms with Gasteiger partial charge in [0.05, 0.1) is 16.1 Å². The molecule has 0 atom stereocenters. The van der Waals surface area contributed by atoms with Gasteiger partial charge in [-0.2, -0.15) is 13.2 Å². The van der Waals surface area contributed by atoms with Gasteiger partial charge in [0.25, 0.3) is 0 Å². The molecule has 2 heterocycles. The number of thiazole rings is 1. The van der Waals surface area contributed by atoms with Crippen LogP contribution in [0, 0.1) is 6.92 Å². The monoisotopic (exact) mass is 443 g/mol. The van der Waals surface area contributed by atoms with Crippen molar-refractivity contribution < 1.29 is 13.2 Å². The Morgan fingerprint density at radius 2 is 1.73 bits per heavy atom. The zero-order valence-corrected chi connectivity index (χ0v) is 17.5. The van der Waals surface area contributed by atoms with Crippen molar-refractivity contribution in [2.75, 3.05) is 0 Å². The highest BCUT2D eigenvalue weighted by molar-refractivity contribution is 7.98. The Morgan fingerprint density at radius 1 is 0.933 bits per heavy atom. The van der Waals surface area contributed by atoms with Crippen LogP contribution in [0.5, 0.6) is 0 Å². The van der Waals surface area contributed by atoms with E-state index in [-0.39, 0.29) is 0 Å². The molecule has 0 unspecified atom stereocenters. The van der Waals surface area contributed by atoms with Crippen LogP contribution >= 0.6 is 23.1 Å². The number of halogens is 3. The molecule has 0 bridgehead atoms. The fraction of sp³-hybridized carbons (Fsp3) is 0.136. The second-order valence-corrected chi connectivity index (χ2v) is 8.54. The van der Waals surface area contributed by atoms with E-state index in [1.165, 1.54) is 23.9 Å². The highest BCUT2D eigenvalue weighted by Gasteiger charge is 2.30. The van der Waals surface area contributed by atoms with Crippen molar-refractivity contribution in [3.8, 4) is 21.1 Å². The number of hydrogen-bond acceptors (Lipinski definition) is 5. The molecule has 0 radical (unpaired) electrons. The molecular formula is C22H16F3N3S2. The van der Waals surface area contributed by atoms with Crippen molar-refractivity contribution in [3.63, 3.8) is 0 Å². The van der Waals surface area contributed by atoms with Gasteiger partial charge in [-0.3, -0.25) is 0 Å². The number of rotatable bonds is 5. The van der Waals surface area contributed by atoms with Gasteiger partial charge in [-0.25, -0.2) is 4.98 Å². The van der Waals surface area contributed by atoms with E-state index in [0.717, 1.165) is 32.9 Å². The smallest absolute Gasteiger partial charge is 0.241 e. The van der Waals surface area contributed by atoms with Crippen LogP contribution in [-0.4, -0.2) is 15.2 Å². The SMILES string of the molecule is Cc1nc(-c2ccccc2)sc1-c1ccc(SCc2cccc(C(F)(F)F)c2)nn1. The van der Waals surface area contributed by atoms with E-state index in [1.807, 2.05) is 49.4 Å². The third kappa shape index (κ3) is 4.71. The molecule has 2 aromatic carbocycles. The van der Waals surface area contributed by atoms with Crippen LogP contribution in [0.15, 0.2) is 71.8 Å². The minimum absolute atomic E-state index is 0.385. The molecule has 30 heavy (non-hydrogen) atoms. The Kier molecular flexibility index (Phi) is 5.87. The van der Waals surface area contributed by atoms with Crippen molar-refractivity contribution in [2.24, 2.45) is 0 Å². The quantitative estimate of drug-likeness (QED) is 0.315. The van der Waals surface area contributed by atoms with Crippen molar-refractivity contribution in [1.29, 1.82) is 0 Å². The summed E-state index contributed by atoms with van der Waals surface area (Å²) in [5.74, 6) is 0.385. The zero-order chi connectivity index (χ0) is 21.1. The van der Waals surface area contributed by atoms with Gasteiger partial charge >= 0.3 is 6.18 Å². The first kappa shape index (κ1) is 20.6. The van der Waals surface area contributed by atoms with Crippen LogP contribution in [0.1, 0.15) is 16.8 Å². The fourth-order valence-electron chi connectivity index (χ4n) is 2.85. The number of nitrogens with zero attached hydrogens (tertiary/aromatic N) is 3. The Morgan fingerprint density at radius 3 is 2.43 bits per heavy atom. The number of thioether (sulfide) groups is 1. The first-order valence-corrected chi connectivity index (χ1v) is 10.9. The fourth-order valence-corrected chi connectivity index (χ4v) is 4.64. The maximum absolute atomic E-state index is 12.8. The van der Waals surface area contributed by atoms with E-state index < -0.39 is 11.7 Å². The predicted molar refractivity (Wildman–Crippen MR) is 114 cm³/mol. The normalized spacial score (nSPS) is 11.6. The van der Waals surface area contributed by atoms with Gasteiger partial charge < -0.3 is 0 Å². The maximum Gasteiger partial charge on any atom is 0.416 e. The lowest BCUT2D eigenvalue weighted by Crippen LogP contribution is -2.04. The molecule has 0 spiro atoms. The van der Waals surface area contributed by atoms with Gasteiger partial charge in [-0.1, -0.05) is 60.3 Å². The number of aromatic nitrogens is 3. The van der Waals surface area contributed by atoms with Gasteiger partial charge in [0.15, 0.2) is 0 Å². The molecule has 2 aromatic heterocycles. The summed E-state index contributed by atoms with van der Waals surface area (Å²) in [6.45, 7) is 1.94. The van der Waals surface area contributed by atoms with E-state index in [9.17, 15) is 13.2 Å². The predicted octanol–water partition coefficient (Wildman–Crippen LogP) is 6.89. The maximum atomic E-state index is 12.8.